The topological polar surface area (TPSA) is 62.2 Å². The highest BCUT2D eigenvalue weighted by Crippen LogP contribution is 2.05. The van der Waals surface area contributed by atoms with E-state index in [-0.39, 0.29) is 0 Å². The summed E-state index contributed by atoms with van der Waals surface area (Å²) in [6.45, 7) is 4.37. The van der Waals surface area contributed by atoms with Crippen molar-refractivity contribution < 1.29 is 0 Å². The van der Waals surface area contributed by atoms with Gasteiger partial charge in [-0.3, -0.25) is 0 Å². The van der Waals surface area contributed by atoms with Gasteiger partial charge in [0.1, 0.15) is 0 Å². The second-order valence-corrected chi connectivity index (χ2v) is 3.05. The van der Waals surface area contributed by atoms with Gasteiger partial charge in [-0.25, -0.2) is 0 Å². The molecular formula is C8H17N3. The molecule has 64 valence electrons. The van der Waals surface area contributed by atoms with Gasteiger partial charge in [-0.15, -0.1) is 0 Å². The number of nitrogens with one attached hydrogen (secondary N) is 1. The summed E-state index contributed by atoms with van der Waals surface area (Å²) in [5.74, 6) is 5.76. The van der Waals surface area contributed by atoms with Crippen LogP contribution >= 0.6 is 0 Å². The van der Waals surface area contributed by atoms with Crippen molar-refractivity contribution in [3.05, 3.63) is 0 Å². The van der Waals surface area contributed by atoms with Crippen molar-refractivity contribution in [3.8, 4) is 0 Å². The van der Waals surface area contributed by atoms with Crippen LogP contribution < -0.4 is 5.84 Å². The monoisotopic (exact) mass is 155 g/mol. The third kappa shape index (κ3) is 5.58. The maximum Gasteiger partial charge on any atom is 0.0775 e. The number of hydrogen-bond donors (Lipinski definition) is 2. The van der Waals surface area contributed by atoms with Gasteiger partial charge < -0.3 is 11.3 Å². The van der Waals surface area contributed by atoms with Crippen LogP contribution in [-0.4, -0.2) is 11.9 Å². The zero-order valence-corrected chi connectivity index (χ0v) is 7.30. The minimum Gasteiger partial charge on any atom is -0.323 e. The van der Waals surface area contributed by atoms with E-state index in [1.165, 1.54) is 12.6 Å². The molecule has 0 spiro atoms. The number of rotatable bonds is 5. The largest absolute Gasteiger partial charge is 0.323 e. The summed E-state index contributed by atoms with van der Waals surface area (Å²) >= 11 is 0. The molecule has 0 heterocycles. The Morgan fingerprint density at radius 2 is 2.27 bits per heavy atom. The van der Waals surface area contributed by atoms with Gasteiger partial charge in [0.25, 0.3) is 0 Å². The maximum atomic E-state index is 6.91. The first-order chi connectivity index (χ1) is 5.20. The van der Waals surface area contributed by atoms with E-state index in [9.17, 15) is 0 Å². The fraction of sp³-hybridized carbons (Fsp3) is 0.750. The van der Waals surface area contributed by atoms with Crippen LogP contribution in [0.1, 0.15) is 33.1 Å². The Labute approximate surface area is 68.2 Å². The van der Waals surface area contributed by atoms with E-state index in [0.717, 1.165) is 18.8 Å². The van der Waals surface area contributed by atoms with Gasteiger partial charge in [-0.2, -0.15) is 5.10 Å². The summed E-state index contributed by atoms with van der Waals surface area (Å²) in [6, 6.07) is 0. The van der Waals surface area contributed by atoms with Crippen LogP contribution in [0, 0.1) is 11.3 Å². The fourth-order valence-corrected chi connectivity index (χ4v) is 0.865. The minimum absolute atomic E-state index is 0.686. The Balaban J connectivity index is 3.45. The summed E-state index contributed by atoms with van der Waals surface area (Å²) in [5.41, 5.74) is 0.686. The Hall–Kier alpha value is -0.860. The number of hydrogen-bond acceptors (Lipinski definition) is 3. The van der Waals surface area contributed by atoms with Gasteiger partial charge in [0.2, 0.25) is 0 Å². The number of nitrogens with two attached hydrogens (primary N) is 1. The van der Waals surface area contributed by atoms with E-state index < -0.39 is 0 Å². The maximum absolute atomic E-state index is 6.91. The van der Waals surface area contributed by atoms with Crippen LogP contribution in [-0.2, 0) is 0 Å². The molecule has 3 nitrogen and oxygen atoms in total. The molecule has 11 heavy (non-hydrogen) atoms. The molecule has 0 amide bonds. The molecule has 0 radical (unpaired) electrons. The second kappa shape index (κ2) is 5.89. The number of hydrazone groups is 1. The Morgan fingerprint density at radius 1 is 1.64 bits per heavy atom. The lowest BCUT2D eigenvalue weighted by molar-refractivity contribution is 0.565. The van der Waals surface area contributed by atoms with Gasteiger partial charge in [-0.05, 0) is 18.8 Å². The molecule has 3 heteroatoms. The molecule has 0 fully saturated rings. The zero-order valence-electron chi connectivity index (χ0n) is 7.30. The summed E-state index contributed by atoms with van der Waals surface area (Å²) in [5, 5.41) is 10.4. The van der Waals surface area contributed by atoms with Crippen molar-refractivity contribution in [1.82, 2.24) is 0 Å². The summed E-state index contributed by atoms with van der Waals surface area (Å²) in [7, 11) is 0. The van der Waals surface area contributed by atoms with Gasteiger partial charge >= 0.3 is 0 Å². The van der Waals surface area contributed by atoms with Crippen molar-refractivity contribution in [2.45, 2.75) is 33.1 Å². The average molecular weight is 155 g/mol. The standard InChI is InChI=1S/C8H17N3/c1-7(2)4-3-5-8(6-9)11-10/h6-7,9H,3-5,10H2,1-2H3/b9-6?,11-8-. The van der Waals surface area contributed by atoms with Gasteiger partial charge in [0, 0.05) is 6.21 Å². The highest BCUT2D eigenvalue weighted by molar-refractivity contribution is 6.29. The molecule has 0 aliphatic rings. The predicted molar refractivity (Wildman–Crippen MR) is 49.1 cm³/mol. The highest BCUT2D eigenvalue weighted by Gasteiger charge is 1.97. The lowest BCUT2D eigenvalue weighted by Gasteiger charge is -2.02. The van der Waals surface area contributed by atoms with Crippen molar-refractivity contribution in [2.75, 3.05) is 0 Å². The van der Waals surface area contributed by atoms with Gasteiger partial charge in [-0.1, -0.05) is 20.3 Å². The lowest BCUT2D eigenvalue weighted by atomic mass is 10.1. The lowest BCUT2D eigenvalue weighted by Crippen LogP contribution is -2.03. The quantitative estimate of drug-likeness (QED) is 0.355. The molecule has 0 aromatic heterocycles. The smallest absolute Gasteiger partial charge is 0.0775 e. The summed E-state index contributed by atoms with van der Waals surface area (Å²) < 4.78 is 0. The average Bonchev–Trinajstić information content (AvgIpc) is 1.98. The van der Waals surface area contributed by atoms with Crippen LogP contribution in [0.2, 0.25) is 0 Å². The third-order valence-electron chi connectivity index (χ3n) is 1.55. The molecule has 0 aliphatic heterocycles. The molecule has 0 aromatic rings. The molecular weight excluding hydrogens is 138 g/mol. The Morgan fingerprint density at radius 3 is 2.64 bits per heavy atom. The van der Waals surface area contributed by atoms with Crippen LogP contribution in [0.25, 0.3) is 0 Å². The van der Waals surface area contributed by atoms with Crippen LogP contribution in [0.5, 0.6) is 0 Å². The molecule has 0 saturated heterocycles. The van der Waals surface area contributed by atoms with E-state index in [2.05, 4.69) is 18.9 Å². The van der Waals surface area contributed by atoms with E-state index in [4.69, 9.17) is 11.3 Å². The van der Waals surface area contributed by atoms with E-state index in [1.807, 2.05) is 0 Å². The normalized spacial score (nSPS) is 12.1. The molecule has 0 bridgehead atoms. The molecule has 0 saturated carbocycles. The fourth-order valence-electron chi connectivity index (χ4n) is 0.865. The summed E-state index contributed by atoms with van der Waals surface area (Å²) in [4.78, 5) is 0. The van der Waals surface area contributed by atoms with Crippen molar-refractivity contribution >= 4 is 11.9 Å². The van der Waals surface area contributed by atoms with Crippen LogP contribution in [0.15, 0.2) is 5.10 Å². The second-order valence-electron chi connectivity index (χ2n) is 3.05. The third-order valence-corrected chi connectivity index (χ3v) is 1.55. The first-order valence-corrected chi connectivity index (χ1v) is 3.98. The van der Waals surface area contributed by atoms with E-state index >= 15 is 0 Å². The number of nitrogens with zero attached hydrogens (tertiary/aromatic N) is 1. The first-order valence-electron chi connectivity index (χ1n) is 3.98. The van der Waals surface area contributed by atoms with Gasteiger partial charge in [0.05, 0.1) is 5.71 Å². The van der Waals surface area contributed by atoms with Crippen molar-refractivity contribution in [2.24, 2.45) is 16.9 Å². The highest BCUT2D eigenvalue weighted by atomic mass is 15.1. The Kier molecular flexibility index (Phi) is 5.43. The van der Waals surface area contributed by atoms with E-state index in [0.29, 0.717) is 5.71 Å². The van der Waals surface area contributed by atoms with Gasteiger partial charge in [0.15, 0.2) is 0 Å². The van der Waals surface area contributed by atoms with Crippen molar-refractivity contribution in [1.29, 1.82) is 5.41 Å². The molecule has 0 atom stereocenters. The molecule has 0 rings (SSSR count). The SMILES string of the molecule is CC(C)CCC/C(C=N)=N/N. The first kappa shape index (κ1) is 10.1. The zero-order chi connectivity index (χ0) is 8.69. The van der Waals surface area contributed by atoms with Crippen LogP contribution in [0.3, 0.4) is 0 Å². The Bertz CT molecular complexity index is 138. The van der Waals surface area contributed by atoms with E-state index in [1.54, 1.807) is 0 Å². The minimum atomic E-state index is 0.686. The molecule has 0 unspecified atom stereocenters. The molecule has 0 aromatic carbocycles. The summed E-state index contributed by atoms with van der Waals surface area (Å²) in [6.07, 6.45) is 4.30. The molecule has 0 aliphatic carbocycles. The molecule has 3 N–H and O–H groups in total. The predicted octanol–water partition coefficient (Wildman–Crippen LogP) is 1.78. The van der Waals surface area contributed by atoms with Crippen LogP contribution in [0.4, 0.5) is 0 Å². The van der Waals surface area contributed by atoms with Crippen molar-refractivity contribution in [3.63, 3.8) is 0 Å².